The van der Waals surface area contributed by atoms with Crippen molar-refractivity contribution in [1.29, 1.82) is 0 Å². The molecule has 128 valence electrons. The van der Waals surface area contributed by atoms with Gasteiger partial charge in [-0.25, -0.2) is 9.59 Å². The lowest BCUT2D eigenvalue weighted by molar-refractivity contribution is -0.143. The highest BCUT2D eigenvalue weighted by atomic mass is 16.5. The molecule has 3 rings (SSSR count). The van der Waals surface area contributed by atoms with Crippen LogP contribution in [0.2, 0.25) is 0 Å². The van der Waals surface area contributed by atoms with Gasteiger partial charge in [-0.15, -0.1) is 0 Å². The van der Waals surface area contributed by atoms with E-state index in [2.05, 4.69) is 25.7 Å². The Hall–Kier alpha value is -2.30. The molecule has 2 atom stereocenters. The van der Waals surface area contributed by atoms with Crippen molar-refractivity contribution >= 4 is 17.6 Å². The first-order valence-electron chi connectivity index (χ1n) is 7.97. The fourth-order valence-electron chi connectivity index (χ4n) is 4.53. The molecule has 0 bridgehead atoms. The number of para-hydroxylation sites is 1. The number of carbonyl (C=O) groups is 2. The van der Waals surface area contributed by atoms with Crippen LogP contribution in [0.5, 0.6) is 0 Å². The minimum absolute atomic E-state index is 0.239. The number of nitrogens with zero attached hydrogens (tertiary/aromatic N) is 1. The predicted octanol–water partition coefficient (Wildman–Crippen LogP) is 2.45. The van der Waals surface area contributed by atoms with Gasteiger partial charge >= 0.3 is 11.9 Å². The van der Waals surface area contributed by atoms with Gasteiger partial charge < -0.3 is 14.4 Å². The fourth-order valence-corrected chi connectivity index (χ4v) is 4.53. The highest BCUT2D eigenvalue weighted by molar-refractivity contribution is 6.10. The van der Waals surface area contributed by atoms with Crippen LogP contribution in [0, 0.1) is 5.41 Å². The molecule has 5 nitrogen and oxygen atoms in total. The molecule has 0 unspecified atom stereocenters. The number of fused-ring (bicyclic) bond motifs is 3. The maximum absolute atomic E-state index is 12.6. The van der Waals surface area contributed by atoms with Gasteiger partial charge in [0, 0.05) is 12.7 Å². The molecule has 0 N–H and O–H groups in total. The van der Waals surface area contributed by atoms with Crippen molar-refractivity contribution in [2.75, 3.05) is 26.2 Å². The van der Waals surface area contributed by atoms with E-state index in [4.69, 9.17) is 9.47 Å². The van der Waals surface area contributed by atoms with Crippen LogP contribution >= 0.6 is 0 Å². The number of benzene rings is 1. The SMILES string of the molecule is COC(=O)C1=C(C(=O)OC)[C@@]2(C(C)(C)C)c3ccccc3N(C)[C@@H]12. The molecule has 1 aliphatic carbocycles. The van der Waals surface area contributed by atoms with Crippen LogP contribution in [-0.2, 0) is 24.5 Å². The van der Waals surface area contributed by atoms with Crippen LogP contribution in [0.25, 0.3) is 0 Å². The minimum Gasteiger partial charge on any atom is -0.466 e. The maximum Gasteiger partial charge on any atom is 0.336 e. The molecule has 5 heteroatoms. The molecule has 1 aromatic rings. The van der Waals surface area contributed by atoms with E-state index >= 15 is 0 Å². The highest BCUT2D eigenvalue weighted by Gasteiger charge is 2.70. The number of hydrogen-bond acceptors (Lipinski definition) is 5. The Kier molecular flexibility index (Phi) is 3.52. The summed E-state index contributed by atoms with van der Waals surface area (Å²) in [6.07, 6.45) is 0. The number of ether oxygens (including phenoxy) is 2. The van der Waals surface area contributed by atoms with Crippen molar-refractivity contribution in [3.63, 3.8) is 0 Å². The second-order valence-electron chi connectivity index (χ2n) is 7.36. The zero-order valence-electron chi connectivity index (χ0n) is 15.0. The monoisotopic (exact) mass is 329 g/mol. The lowest BCUT2D eigenvalue weighted by Crippen LogP contribution is -2.64. The molecule has 0 fully saturated rings. The number of esters is 2. The van der Waals surface area contributed by atoms with Gasteiger partial charge in [-0.2, -0.15) is 0 Å². The molecule has 0 saturated heterocycles. The summed E-state index contributed by atoms with van der Waals surface area (Å²) in [5.74, 6) is -0.938. The Morgan fingerprint density at radius 1 is 1.08 bits per heavy atom. The maximum atomic E-state index is 12.6. The molecular weight excluding hydrogens is 306 g/mol. The zero-order chi connectivity index (χ0) is 17.9. The van der Waals surface area contributed by atoms with Crippen LogP contribution in [0.4, 0.5) is 5.69 Å². The molecule has 1 aromatic carbocycles. The predicted molar refractivity (Wildman–Crippen MR) is 90.8 cm³/mol. The van der Waals surface area contributed by atoms with Gasteiger partial charge in [0.2, 0.25) is 0 Å². The Labute approximate surface area is 142 Å². The van der Waals surface area contributed by atoms with E-state index in [1.165, 1.54) is 14.2 Å². The minimum atomic E-state index is -0.602. The topological polar surface area (TPSA) is 55.8 Å². The van der Waals surface area contributed by atoms with Crippen molar-refractivity contribution in [2.45, 2.75) is 32.2 Å². The zero-order valence-corrected chi connectivity index (χ0v) is 15.0. The summed E-state index contributed by atoms with van der Waals surface area (Å²) in [5, 5.41) is 0. The first-order valence-corrected chi connectivity index (χ1v) is 7.97. The second-order valence-corrected chi connectivity index (χ2v) is 7.36. The third-order valence-corrected chi connectivity index (χ3v) is 5.42. The molecule has 0 radical (unpaired) electrons. The summed E-state index contributed by atoms with van der Waals surface area (Å²) in [7, 11) is 4.63. The lowest BCUT2D eigenvalue weighted by atomic mass is 9.47. The number of anilines is 1. The Morgan fingerprint density at radius 3 is 2.21 bits per heavy atom. The van der Waals surface area contributed by atoms with Crippen molar-refractivity contribution in [1.82, 2.24) is 0 Å². The van der Waals surface area contributed by atoms with Gasteiger partial charge in [0.25, 0.3) is 0 Å². The number of methoxy groups -OCH3 is 2. The largest absolute Gasteiger partial charge is 0.466 e. The number of rotatable bonds is 2. The Bertz CT molecular complexity index is 759. The van der Waals surface area contributed by atoms with E-state index in [-0.39, 0.29) is 11.5 Å². The van der Waals surface area contributed by atoms with Crippen molar-refractivity contribution in [2.24, 2.45) is 5.41 Å². The lowest BCUT2D eigenvalue weighted by Gasteiger charge is -2.55. The van der Waals surface area contributed by atoms with Crippen molar-refractivity contribution in [3.8, 4) is 0 Å². The average molecular weight is 329 g/mol. The fraction of sp³-hybridized carbons (Fsp3) is 0.474. The number of hydrogen-bond donors (Lipinski definition) is 0. The van der Waals surface area contributed by atoms with E-state index in [9.17, 15) is 9.59 Å². The summed E-state index contributed by atoms with van der Waals surface area (Å²) in [5.41, 5.74) is 2.01. The Morgan fingerprint density at radius 2 is 1.67 bits per heavy atom. The normalized spacial score (nSPS) is 24.9. The molecule has 2 aliphatic rings. The molecule has 1 aliphatic heterocycles. The van der Waals surface area contributed by atoms with Crippen LogP contribution in [0.1, 0.15) is 26.3 Å². The average Bonchev–Trinajstić information content (AvgIpc) is 2.73. The van der Waals surface area contributed by atoms with Crippen LogP contribution in [0.15, 0.2) is 35.4 Å². The molecule has 0 saturated carbocycles. The summed E-state index contributed by atoms with van der Waals surface area (Å²) >= 11 is 0. The molecule has 0 spiro atoms. The molecule has 24 heavy (non-hydrogen) atoms. The van der Waals surface area contributed by atoms with Crippen molar-refractivity contribution < 1.29 is 19.1 Å². The van der Waals surface area contributed by atoms with E-state index in [1.54, 1.807) is 0 Å². The van der Waals surface area contributed by atoms with Gasteiger partial charge in [0.1, 0.15) is 0 Å². The molecule has 0 amide bonds. The van der Waals surface area contributed by atoms with E-state index in [1.807, 2.05) is 31.3 Å². The molecule has 0 aromatic heterocycles. The number of likely N-dealkylation sites (N-methyl/N-ethyl adjacent to an activating group) is 1. The summed E-state index contributed by atoms with van der Waals surface area (Å²) in [4.78, 5) is 27.1. The van der Waals surface area contributed by atoms with Gasteiger partial charge in [-0.1, -0.05) is 39.0 Å². The van der Waals surface area contributed by atoms with Gasteiger partial charge in [0.05, 0.1) is 36.8 Å². The highest BCUT2D eigenvalue weighted by Crippen LogP contribution is 2.66. The second kappa shape index (κ2) is 5.10. The Balaban J connectivity index is 2.38. The van der Waals surface area contributed by atoms with Gasteiger partial charge in [0.15, 0.2) is 0 Å². The number of carbonyl (C=O) groups excluding carboxylic acids is 2. The third kappa shape index (κ3) is 1.70. The van der Waals surface area contributed by atoms with Crippen molar-refractivity contribution in [3.05, 3.63) is 41.0 Å². The summed E-state index contributed by atoms with van der Waals surface area (Å²) in [6.45, 7) is 6.27. The van der Waals surface area contributed by atoms with Crippen LogP contribution < -0.4 is 4.90 Å². The van der Waals surface area contributed by atoms with E-state index in [0.717, 1.165) is 11.3 Å². The molecule has 1 heterocycles. The summed E-state index contributed by atoms with van der Waals surface area (Å²) < 4.78 is 10.00. The quantitative estimate of drug-likeness (QED) is 0.780. The standard InChI is InChI=1S/C19H23NO4/c1-18(2,3)19-11-9-7-8-10-12(11)20(4)15(19)13(16(21)23-5)14(19)17(22)24-6/h7-10,15H,1-6H3/t15-,19-/m0/s1. The van der Waals surface area contributed by atoms with E-state index in [0.29, 0.717) is 11.1 Å². The summed E-state index contributed by atoms with van der Waals surface area (Å²) in [6, 6.07) is 7.75. The van der Waals surface area contributed by atoms with Crippen LogP contribution in [0.3, 0.4) is 0 Å². The van der Waals surface area contributed by atoms with E-state index < -0.39 is 17.4 Å². The van der Waals surface area contributed by atoms with Gasteiger partial charge in [-0.3, -0.25) is 0 Å². The smallest absolute Gasteiger partial charge is 0.336 e. The first kappa shape index (κ1) is 16.6. The van der Waals surface area contributed by atoms with Gasteiger partial charge in [-0.05, 0) is 17.0 Å². The molecular formula is C19H23NO4. The third-order valence-electron chi connectivity index (χ3n) is 5.42. The first-order chi connectivity index (χ1) is 11.2. The van der Waals surface area contributed by atoms with Crippen LogP contribution in [-0.4, -0.2) is 39.2 Å².